The molecule has 0 aliphatic rings. The van der Waals surface area contributed by atoms with E-state index >= 15 is 0 Å². The lowest BCUT2D eigenvalue weighted by molar-refractivity contribution is 0.101. The van der Waals surface area contributed by atoms with Gasteiger partial charge in [-0.05, 0) is 43.3 Å². The summed E-state index contributed by atoms with van der Waals surface area (Å²) in [5, 5.41) is 4.51. The minimum absolute atomic E-state index is 0.0562. The highest BCUT2D eigenvalue weighted by molar-refractivity contribution is 6.36. The molecule has 1 N–H and O–H groups in total. The number of hydrogen-bond acceptors (Lipinski definition) is 2. The van der Waals surface area contributed by atoms with E-state index in [9.17, 15) is 4.79 Å². The Balaban J connectivity index is 2.08. The zero-order valence-electron chi connectivity index (χ0n) is 10.4. The molecule has 0 heterocycles. The number of Topliss-reactive ketones (excluding diaryl/α,β-unsaturated/α-hetero) is 1. The van der Waals surface area contributed by atoms with Crippen LogP contribution in [-0.2, 0) is 6.54 Å². The van der Waals surface area contributed by atoms with Gasteiger partial charge in [-0.1, -0.05) is 29.3 Å². The van der Waals surface area contributed by atoms with Crippen LogP contribution in [0.5, 0.6) is 0 Å². The second-order valence-corrected chi connectivity index (χ2v) is 5.00. The smallest absolute Gasteiger partial charge is 0.159 e. The molecule has 0 fully saturated rings. The molecular formula is C15H13Cl2NO. The Bertz CT molecular complexity index is 573. The monoisotopic (exact) mass is 293 g/mol. The highest BCUT2D eigenvalue weighted by atomic mass is 35.5. The van der Waals surface area contributed by atoms with Crippen molar-refractivity contribution in [3.63, 3.8) is 0 Å². The van der Waals surface area contributed by atoms with Gasteiger partial charge in [0.2, 0.25) is 0 Å². The minimum Gasteiger partial charge on any atom is -0.381 e. The van der Waals surface area contributed by atoms with Gasteiger partial charge in [-0.3, -0.25) is 4.79 Å². The predicted molar refractivity (Wildman–Crippen MR) is 80.2 cm³/mol. The van der Waals surface area contributed by atoms with Crippen LogP contribution in [0.2, 0.25) is 10.0 Å². The first-order chi connectivity index (χ1) is 9.08. The normalized spacial score (nSPS) is 10.3. The Morgan fingerprint density at radius 1 is 1.05 bits per heavy atom. The minimum atomic E-state index is 0.0562. The fraction of sp³-hybridized carbons (Fsp3) is 0.133. The van der Waals surface area contributed by atoms with Crippen LogP contribution >= 0.6 is 23.2 Å². The van der Waals surface area contributed by atoms with E-state index in [0.717, 1.165) is 11.3 Å². The Morgan fingerprint density at radius 2 is 1.63 bits per heavy atom. The molecule has 0 spiro atoms. The number of anilines is 1. The molecule has 0 atom stereocenters. The lowest BCUT2D eigenvalue weighted by Gasteiger charge is -2.10. The number of carbonyl (C=O) groups is 1. The third-order valence-electron chi connectivity index (χ3n) is 2.82. The van der Waals surface area contributed by atoms with Crippen molar-refractivity contribution in [2.45, 2.75) is 13.5 Å². The van der Waals surface area contributed by atoms with Gasteiger partial charge in [0.25, 0.3) is 0 Å². The van der Waals surface area contributed by atoms with Crippen LogP contribution in [0.15, 0.2) is 42.5 Å². The van der Waals surface area contributed by atoms with Crippen LogP contribution in [0.4, 0.5) is 5.69 Å². The molecule has 19 heavy (non-hydrogen) atoms. The van der Waals surface area contributed by atoms with E-state index in [1.165, 1.54) is 0 Å². The van der Waals surface area contributed by atoms with E-state index in [4.69, 9.17) is 23.2 Å². The summed E-state index contributed by atoms with van der Waals surface area (Å²) in [4.78, 5) is 11.2. The lowest BCUT2D eigenvalue weighted by Crippen LogP contribution is -2.01. The summed E-state index contributed by atoms with van der Waals surface area (Å²) in [5.41, 5.74) is 2.48. The molecule has 0 saturated carbocycles. The molecule has 2 aromatic carbocycles. The van der Waals surface area contributed by atoms with E-state index in [1.54, 1.807) is 19.1 Å². The maximum Gasteiger partial charge on any atom is 0.159 e. The first kappa shape index (κ1) is 13.9. The standard InChI is InChI=1S/C15H13Cl2NO/c1-10(19)11-5-7-12(8-6-11)18-9-13-14(16)3-2-4-15(13)17/h2-8,18H,9H2,1H3. The van der Waals surface area contributed by atoms with Crippen LogP contribution in [-0.4, -0.2) is 5.78 Å². The number of ketones is 1. The Morgan fingerprint density at radius 3 is 2.16 bits per heavy atom. The van der Waals surface area contributed by atoms with Crippen LogP contribution in [0.3, 0.4) is 0 Å². The molecule has 0 amide bonds. The molecule has 0 aliphatic carbocycles. The number of benzene rings is 2. The summed E-state index contributed by atoms with van der Waals surface area (Å²) >= 11 is 12.2. The number of carbonyl (C=O) groups excluding carboxylic acids is 1. The first-order valence-electron chi connectivity index (χ1n) is 5.85. The van der Waals surface area contributed by atoms with Crippen molar-refractivity contribution in [1.82, 2.24) is 0 Å². The first-order valence-corrected chi connectivity index (χ1v) is 6.61. The molecule has 0 radical (unpaired) electrons. The highest BCUT2D eigenvalue weighted by Crippen LogP contribution is 2.25. The Hall–Kier alpha value is -1.51. The van der Waals surface area contributed by atoms with Gasteiger partial charge < -0.3 is 5.32 Å². The molecular weight excluding hydrogens is 281 g/mol. The number of nitrogens with one attached hydrogen (secondary N) is 1. The predicted octanol–water partition coefficient (Wildman–Crippen LogP) is 4.81. The van der Waals surface area contributed by atoms with Crippen LogP contribution in [0, 0.1) is 0 Å². The molecule has 2 nitrogen and oxygen atoms in total. The third kappa shape index (κ3) is 3.49. The fourth-order valence-electron chi connectivity index (χ4n) is 1.71. The second kappa shape index (κ2) is 6.09. The van der Waals surface area contributed by atoms with E-state index in [1.807, 2.05) is 30.3 Å². The summed E-state index contributed by atoms with van der Waals surface area (Å²) in [5.74, 6) is 0.0562. The number of halogens is 2. The zero-order valence-corrected chi connectivity index (χ0v) is 11.9. The van der Waals surface area contributed by atoms with Gasteiger partial charge in [0.1, 0.15) is 0 Å². The summed E-state index contributed by atoms with van der Waals surface area (Å²) in [6.07, 6.45) is 0. The maximum atomic E-state index is 11.2. The molecule has 0 aliphatic heterocycles. The average Bonchev–Trinajstić information content (AvgIpc) is 2.38. The molecule has 0 aromatic heterocycles. The Kier molecular flexibility index (Phi) is 4.46. The van der Waals surface area contributed by atoms with Gasteiger partial charge >= 0.3 is 0 Å². The van der Waals surface area contributed by atoms with Crippen molar-refractivity contribution >= 4 is 34.7 Å². The van der Waals surface area contributed by atoms with Gasteiger partial charge in [0.05, 0.1) is 0 Å². The van der Waals surface area contributed by atoms with E-state index < -0.39 is 0 Å². The number of rotatable bonds is 4. The van der Waals surface area contributed by atoms with Gasteiger partial charge in [0, 0.05) is 33.4 Å². The largest absolute Gasteiger partial charge is 0.381 e. The van der Waals surface area contributed by atoms with Gasteiger partial charge in [0.15, 0.2) is 5.78 Å². The molecule has 0 bridgehead atoms. The summed E-state index contributed by atoms with van der Waals surface area (Å²) in [6.45, 7) is 2.09. The molecule has 4 heteroatoms. The third-order valence-corrected chi connectivity index (χ3v) is 3.53. The Labute approximate surface area is 122 Å². The van der Waals surface area contributed by atoms with Crippen molar-refractivity contribution in [3.8, 4) is 0 Å². The average molecular weight is 294 g/mol. The van der Waals surface area contributed by atoms with Crippen molar-refractivity contribution < 1.29 is 4.79 Å². The fourth-order valence-corrected chi connectivity index (χ4v) is 2.25. The van der Waals surface area contributed by atoms with Gasteiger partial charge in [-0.15, -0.1) is 0 Å². The van der Waals surface area contributed by atoms with Gasteiger partial charge in [-0.25, -0.2) is 0 Å². The molecule has 0 saturated heterocycles. The topological polar surface area (TPSA) is 29.1 Å². The van der Waals surface area contributed by atoms with E-state index in [0.29, 0.717) is 22.2 Å². The molecule has 0 unspecified atom stereocenters. The van der Waals surface area contributed by atoms with Gasteiger partial charge in [-0.2, -0.15) is 0 Å². The molecule has 2 aromatic rings. The number of hydrogen-bond donors (Lipinski definition) is 1. The second-order valence-electron chi connectivity index (χ2n) is 4.19. The SMILES string of the molecule is CC(=O)c1ccc(NCc2c(Cl)cccc2Cl)cc1. The maximum absolute atomic E-state index is 11.2. The molecule has 2 rings (SSSR count). The lowest BCUT2D eigenvalue weighted by atomic mass is 10.1. The summed E-state index contributed by atoms with van der Waals surface area (Å²) < 4.78 is 0. The summed E-state index contributed by atoms with van der Waals surface area (Å²) in [6, 6.07) is 12.7. The highest BCUT2D eigenvalue weighted by Gasteiger charge is 2.05. The van der Waals surface area contributed by atoms with Crippen LogP contribution in [0.25, 0.3) is 0 Å². The zero-order chi connectivity index (χ0) is 13.8. The van der Waals surface area contributed by atoms with Crippen molar-refractivity contribution in [1.29, 1.82) is 0 Å². The quantitative estimate of drug-likeness (QED) is 0.820. The van der Waals surface area contributed by atoms with Crippen LogP contribution in [0.1, 0.15) is 22.8 Å². The summed E-state index contributed by atoms with van der Waals surface area (Å²) in [7, 11) is 0. The molecule has 98 valence electrons. The van der Waals surface area contributed by atoms with Crippen molar-refractivity contribution in [2.75, 3.05) is 5.32 Å². The van der Waals surface area contributed by atoms with E-state index in [-0.39, 0.29) is 5.78 Å². The van der Waals surface area contributed by atoms with Crippen LogP contribution < -0.4 is 5.32 Å². The van der Waals surface area contributed by atoms with Crippen molar-refractivity contribution in [3.05, 3.63) is 63.6 Å². The van der Waals surface area contributed by atoms with E-state index in [2.05, 4.69) is 5.32 Å². The van der Waals surface area contributed by atoms with Crippen molar-refractivity contribution in [2.24, 2.45) is 0 Å².